The third kappa shape index (κ3) is 9.34. The van der Waals surface area contributed by atoms with Gasteiger partial charge >= 0.3 is 33.3 Å². The molecule has 0 aromatic heterocycles. The van der Waals surface area contributed by atoms with Crippen LogP contribution in [0, 0.1) is 0 Å². The molecular weight excluding hydrogens is 440 g/mol. The zero-order chi connectivity index (χ0) is 20.0. The van der Waals surface area contributed by atoms with Gasteiger partial charge in [0, 0.05) is 6.61 Å². The van der Waals surface area contributed by atoms with Gasteiger partial charge in [0.05, 0.1) is 0 Å². The zero-order valence-electron chi connectivity index (χ0n) is 16.6. The Labute approximate surface area is 185 Å². The van der Waals surface area contributed by atoms with Gasteiger partial charge < -0.3 is 31.7 Å². The molecule has 0 aromatic rings. The summed E-state index contributed by atoms with van der Waals surface area (Å²) in [6.45, 7) is 3.83. The van der Waals surface area contributed by atoms with Crippen molar-refractivity contribution in [3.63, 3.8) is 0 Å². The van der Waals surface area contributed by atoms with Crippen molar-refractivity contribution in [3.8, 4) is 0 Å². The summed E-state index contributed by atoms with van der Waals surface area (Å²) in [7, 11) is 9.59. The molecule has 1 heterocycles. The summed E-state index contributed by atoms with van der Waals surface area (Å²) in [5, 5.41) is 33.8. The SMILES string of the molecule is OC[C@@H]1C[N-][C@@H]2CCCC[C@H]2[N-]CC[N-]C2CCCCC2[N-]CC[N-]1.[Cl][Mn][Cl]. The van der Waals surface area contributed by atoms with Gasteiger partial charge in [0.15, 0.2) is 0 Å². The van der Waals surface area contributed by atoms with Gasteiger partial charge in [-0.15, -0.1) is 6.04 Å². The fraction of sp³-hybridized carbons (Fsp3) is 1.00. The van der Waals surface area contributed by atoms with Crippen molar-refractivity contribution in [3.05, 3.63) is 26.6 Å². The van der Waals surface area contributed by atoms with E-state index >= 15 is 0 Å². The van der Waals surface area contributed by atoms with E-state index in [-0.39, 0.29) is 25.8 Å². The monoisotopic (exact) mass is 473 g/mol. The molecule has 0 spiro atoms. The molecule has 1 aliphatic heterocycles. The summed E-state index contributed by atoms with van der Waals surface area (Å²) >= 11 is 0.00694. The molecule has 28 heavy (non-hydrogen) atoms. The summed E-state index contributed by atoms with van der Waals surface area (Å²) in [6.07, 6.45) is 9.66. The number of fused-ring (bicyclic) bond motifs is 2. The first kappa shape index (κ1) is 25.1. The molecule has 6 nitrogen and oxygen atoms in total. The molecule has 3 aliphatic rings. The molecule has 1 N–H and O–H groups in total. The van der Waals surface area contributed by atoms with Gasteiger partial charge in [0.2, 0.25) is 0 Å². The maximum absolute atomic E-state index is 9.60. The van der Waals surface area contributed by atoms with E-state index in [9.17, 15) is 5.11 Å². The molecule has 167 valence electrons. The molecule has 1 saturated heterocycles. The molecule has 2 unspecified atom stereocenters. The van der Waals surface area contributed by atoms with Gasteiger partial charge in [0.1, 0.15) is 0 Å². The average Bonchev–Trinajstić information content (AvgIpc) is 2.73. The van der Waals surface area contributed by atoms with E-state index in [1.807, 2.05) is 0 Å². The van der Waals surface area contributed by atoms with Crippen molar-refractivity contribution < 1.29 is 18.2 Å². The molecule has 9 heteroatoms. The van der Waals surface area contributed by atoms with Gasteiger partial charge in [-0.05, 0) is 0 Å². The summed E-state index contributed by atoms with van der Waals surface area (Å²) in [5.41, 5.74) is 0. The molecule has 0 aromatic carbocycles. The van der Waals surface area contributed by atoms with Gasteiger partial charge in [0.25, 0.3) is 0 Å². The minimum atomic E-state index is -0.0743. The Morgan fingerprint density at radius 1 is 0.643 bits per heavy atom. The van der Waals surface area contributed by atoms with E-state index < -0.39 is 0 Å². The van der Waals surface area contributed by atoms with E-state index in [0.717, 1.165) is 38.9 Å². The minimum absolute atomic E-state index is 0.00694. The van der Waals surface area contributed by atoms with Crippen molar-refractivity contribution >= 4 is 20.2 Å². The van der Waals surface area contributed by atoms with Crippen LogP contribution in [0.5, 0.6) is 0 Å². The molecule has 0 bridgehead atoms. The van der Waals surface area contributed by atoms with Crippen molar-refractivity contribution in [1.29, 1.82) is 0 Å². The van der Waals surface area contributed by atoms with E-state index in [2.05, 4.69) is 5.32 Å². The van der Waals surface area contributed by atoms with Crippen LogP contribution in [0.1, 0.15) is 51.4 Å². The van der Waals surface area contributed by atoms with Crippen LogP contribution in [0.4, 0.5) is 0 Å². The van der Waals surface area contributed by atoms with Gasteiger partial charge in [-0.1, -0.05) is 51.4 Å². The molecule has 0 radical (unpaired) electrons. The van der Waals surface area contributed by atoms with Crippen molar-refractivity contribution in [2.75, 3.05) is 39.3 Å². The second-order valence-electron chi connectivity index (χ2n) is 7.72. The van der Waals surface area contributed by atoms with E-state index in [4.69, 9.17) is 41.5 Å². The van der Waals surface area contributed by atoms with Crippen LogP contribution in [0.3, 0.4) is 0 Å². The fourth-order valence-electron chi connectivity index (χ4n) is 4.38. The van der Waals surface area contributed by atoms with Crippen molar-refractivity contribution in [1.82, 2.24) is 0 Å². The Balaban J connectivity index is 0.000000878. The van der Waals surface area contributed by atoms with Crippen LogP contribution in [0.25, 0.3) is 26.6 Å². The molecule has 2 aliphatic carbocycles. The predicted molar refractivity (Wildman–Crippen MR) is 116 cm³/mol. The Morgan fingerprint density at radius 3 is 1.39 bits per heavy atom. The predicted octanol–water partition coefficient (Wildman–Crippen LogP) is 5.23. The van der Waals surface area contributed by atoms with Crippen LogP contribution >= 0.6 is 20.2 Å². The molecule has 2 saturated carbocycles. The second kappa shape index (κ2) is 15.6. The zero-order valence-corrected chi connectivity index (χ0v) is 19.3. The first-order valence-corrected chi connectivity index (χ1v) is 13.8. The summed E-state index contributed by atoms with van der Waals surface area (Å²) in [4.78, 5) is 0. The Morgan fingerprint density at radius 2 is 1.00 bits per heavy atom. The fourth-order valence-corrected chi connectivity index (χ4v) is 4.38. The standard InChI is InChI=1S/C19H34N5O.2ClH.Mn/c25-14-15-13-24-19-8-4-3-7-18(19)23-12-11-22-17-6-2-1-5-16(17)21-10-9-20-15;;;/h15-19,25H,1-14H2;2*1H;/q-5;;;+2/p-2/t15-,16?,17?,18+,19+;;;/m0.../s1. The molecule has 3 rings (SSSR count). The number of aliphatic hydroxyl groups excluding tert-OH is 1. The van der Waals surface area contributed by atoms with E-state index in [1.165, 1.54) is 32.1 Å². The van der Waals surface area contributed by atoms with Gasteiger partial charge in [-0.25, -0.2) is 0 Å². The molecule has 0 amide bonds. The Bertz CT molecular complexity index is 399. The Kier molecular flexibility index (Phi) is 14.0. The number of nitrogens with zero attached hydrogens (tertiary/aromatic N) is 5. The number of rotatable bonds is 1. The van der Waals surface area contributed by atoms with Crippen LogP contribution < -0.4 is 0 Å². The maximum atomic E-state index is 9.60. The van der Waals surface area contributed by atoms with Crippen LogP contribution in [0.15, 0.2) is 0 Å². The van der Waals surface area contributed by atoms with Gasteiger partial charge in [-0.3, -0.25) is 0 Å². The van der Waals surface area contributed by atoms with Crippen LogP contribution in [0.2, 0.25) is 0 Å². The molecule has 5 atom stereocenters. The first-order valence-electron chi connectivity index (χ1n) is 10.6. The quantitative estimate of drug-likeness (QED) is 0.518. The number of halogens is 2. The Hall–Kier alpha value is 0.859. The number of aliphatic hydroxyl groups is 1. The van der Waals surface area contributed by atoms with E-state index in [0.29, 0.717) is 37.3 Å². The topological polar surface area (TPSA) is 90.7 Å². The summed E-state index contributed by atoms with van der Waals surface area (Å²) < 4.78 is 0. The second-order valence-corrected chi connectivity index (χ2v) is 9.67. The summed E-state index contributed by atoms with van der Waals surface area (Å²) in [6, 6.07) is 1.34. The third-order valence-corrected chi connectivity index (χ3v) is 5.83. The normalized spacial score (nSPS) is 35.9. The van der Waals surface area contributed by atoms with Crippen LogP contribution in [-0.2, 0) is 13.1 Å². The third-order valence-electron chi connectivity index (χ3n) is 5.83. The number of hydrogen-bond donors (Lipinski definition) is 1. The summed E-state index contributed by atoms with van der Waals surface area (Å²) in [5.74, 6) is 0. The average molecular weight is 474 g/mol. The first-order chi connectivity index (χ1) is 13.8. The van der Waals surface area contributed by atoms with Crippen LogP contribution in [-0.4, -0.2) is 74.6 Å². The van der Waals surface area contributed by atoms with Gasteiger partial charge in [-0.2, -0.15) is 56.9 Å². The van der Waals surface area contributed by atoms with Crippen molar-refractivity contribution in [2.45, 2.75) is 81.6 Å². The van der Waals surface area contributed by atoms with E-state index in [1.54, 1.807) is 0 Å². The molecule has 3 fully saturated rings. The molecular formula is C19H34Cl2MnN5O-5. The number of hydrogen-bond acceptors (Lipinski definition) is 1. The van der Waals surface area contributed by atoms with Crippen molar-refractivity contribution in [2.24, 2.45) is 0 Å².